The van der Waals surface area contributed by atoms with Crippen molar-refractivity contribution in [2.45, 2.75) is 37.5 Å². The molecule has 5 nitrogen and oxygen atoms in total. The zero-order chi connectivity index (χ0) is 20.0. The number of pyridine rings is 1. The summed E-state index contributed by atoms with van der Waals surface area (Å²) in [6, 6.07) is 1.33. The molecule has 2 saturated carbocycles. The van der Waals surface area contributed by atoms with Crippen LogP contribution in [0, 0.1) is 11.8 Å². The van der Waals surface area contributed by atoms with Gasteiger partial charge in [0, 0.05) is 54.8 Å². The number of fused-ring (bicyclic) bond motifs is 1. The SMILES string of the molecule is CC(C)c1nc(-c2cnc(N)c(C(F)(F)F)c2)cn1[C@@]12C3[C@H]1[C@H]2CN3CCF. The first kappa shape index (κ1) is 17.9. The van der Waals surface area contributed by atoms with Gasteiger partial charge < -0.3 is 10.3 Å². The zero-order valence-corrected chi connectivity index (χ0v) is 15.5. The Morgan fingerprint density at radius 3 is 2.71 bits per heavy atom. The van der Waals surface area contributed by atoms with E-state index >= 15 is 0 Å². The Morgan fingerprint density at radius 2 is 2.11 bits per heavy atom. The monoisotopic (exact) mass is 395 g/mol. The molecule has 4 fully saturated rings. The van der Waals surface area contributed by atoms with Crippen LogP contribution < -0.4 is 5.73 Å². The molecule has 2 aliphatic heterocycles. The number of nitrogens with two attached hydrogens (primary N) is 1. The standard InChI is InChI=1S/C19H21F4N5/c1-9(2)17-26-13(10-5-11(19(21,22)23)16(24)25-6-10)8-28(17)18-12-7-27(4-3-20)15(18)14(12)18/h5-6,8-9,12,14-15H,3-4,7H2,1-2H3,(H2,24,25)/t12-,14-,15?,18-/m1/s1. The number of halogens is 4. The molecule has 6 rings (SSSR count). The second-order valence-corrected chi connectivity index (χ2v) is 8.31. The molecule has 0 spiro atoms. The zero-order valence-electron chi connectivity index (χ0n) is 15.5. The summed E-state index contributed by atoms with van der Waals surface area (Å²) in [7, 11) is 0. The maximum Gasteiger partial charge on any atom is 0.419 e. The maximum atomic E-state index is 13.2. The summed E-state index contributed by atoms with van der Waals surface area (Å²) in [5.41, 5.74) is 5.18. The van der Waals surface area contributed by atoms with Gasteiger partial charge in [-0.2, -0.15) is 13.2 Å². The van der Waals surface area contributed by atoms with Crippen LogP contribution in [0.25, 0.3) is 11.3 Å². The average Bonchev–Trinajstić information content (AvgIpc) is 3.19. The van der Waals surface area contributed by atoms with E-state index in [0.29, 0.717) is 35.7 Å². The molecule has 2 N–H and O–H groups in total. The fraction of sp³-hybridized carbons (Fsp3) is 0.579. The molecule has 0 aromatic carbocycles. The highest BCUT2D eigenvalue weighted by molar-refractivity contribution is 5.63. The molecule has 2 saturated heterocycles. The molecule has 9 heteroatoms. The van der Waals surface area contributed by atoms with Crippen LogP contribution in [0.5, 0.6) is 0 Å². The van der Waals surface area contributed by atoms with Crippen molar-refractivity contribution in [1.29, 1.82) is 0 Å². The second kappa shape index (κ2) is 5.46. The van der Waals surface area contributed by atoms with Gasteiger partial charge in [0.1, 0.15) is 18.3 Å². The fourth-order valence-electron chi connectivity index (χ4n) is 5.28. The van der Waals surface area contributed by atoms with Gasteiger partial charge in [-0.3, -0.25) is 4.90 Å². The molecule has 4 heterocycles. The van der Waals surface area contributed by atoms with Gasteiger partial charge in [0.25, 0.3) is 0 Å². The number of hydrogen-bond donors (Lipinski definition) is 1. The van der Waals surface area contributed by atoms with Crippen molar-refractivity contribution in [2.75, 3.05) is 25.5 Å². The molecular formula is C19H21F4N5. The predicted molar refractivity (Wildman–Crippen MR) is 95.3 cm³/mol. The Bertz CT molecular complexity index is 946. The molecule has 28 heavy (non-hydrogen) atoms. The highest BCUT2D eigenvalue weighted by Crippen LogP contribution is 2.83. The Morgan fingerprint density at radius 1 is 1.36 bits per heavy atom. The van der Waals surface area contributed by atoms with Crippen molar-refractivity contribution >= 4 is 5.82 Å². The quantitative estimate of drug-likeness (QED) is 0.790. The minimum absolute atomic E-state index is 0.0475. The number of aromatic nitrogens is 3. The molecule has 4 atom stereocenters. The van der Waals surface area contributed by atoms with Crippen molar-refractivity contribution in [1.82, 2.24) is 19.4 Å². The second-order valence-electron chi connectivity index (χ2n) is 8.31. The molecule has 2 aliphatic carbocycles. The topological polar surface area (TPSA) is 60.0 Å². The van der Waals surface area contributed by atoms with Gasteiger partial charge in [-0.05, 0) is 6.07 Å². The van der Waals surface area contributed by atoms with Crippen LogP contribution in [0.4, 0.5) is 23.4 Å². The summed E-state index contributed by atoms with van der Waals surface area (Å²) in [6.45, 7) is 4.99. The van der Waals surface area contributed by atoms with E-state index < -0.39 is 17.6 Å². The van der Waals surface area contributed by atoms with Crippen molar-refractivity contribution < 1.29 is 17.6 Å². The van der Waals surface area contributed by atoms with Crippen LogP contribution in [0.1, 0.15) is 31.2 Å². The third-order valence-corrected chi connectivity index (χ3v) is 6.54. The average molecular weight is 395 g/mol. The number of nitrogens with zero attached hydrogens (tertiary/aromatic N) is 4. The molecule has 2 aromatic heterocycles. The van der Waals surface area contributed by atoms with Crippen molar-refractivity contribution in [2.24, 2.45) is 11.8 Å². The summed E-state index contributed by atoms with van der Waals surface area (Å²) >= 11 is 0. The van der Waals surface area contributed by atoms with E-state index in [0.717, 1.165) is 18.4 Å². The Labute approximate surface area is 159 Å². The van der Waals surface area contributed by atoms with Crippen LogP contribution >= 0.6 is 0 Å². The summed E-state index contributed by atoms with van der Waals surface area (Å²) in [5.74, 6) is 1.41. The molecule has 1 unspecified atom stereocenters. The molecule has 0 radical (unpaired) electrons. The smallest absolute Gasteiger partial charge is 0.383 e. The maximum absolute atomic E-state index is 13.2. The van der Waals surface area contributed by atoms with Crippen LogP contribution in [-0.2, 0) is 11.7 Å². The number of rotatable bonds is 5. The van der Waals surface area contributed by atoms with Gasteiger partial charge in [-0.1, -0.05) is 13.8 Å². The number of hydrogen-bond acceptors (Lipinski definition) is 4. The Balaban J connectivity index is 1.54. The van der Waals surface area contributed by atoms with E-state index in [1.807, 2.05) is 20.0 Å². The van der Waals surface area contributed by atoms with Gasteiger partial charge in [0.05, 0.1) is 16.8 Å². The van der Waals surface area contributed by atoms with E-state index in [1.165, 1.54) is 6.20 Å². The Kier molecular flexibility index (Phi) is 3.49. The number of nitrogen functional groups attached to an aromatic ring is 1. The molecule has 2 bridgehead atoms. The molecule has 4 aliphatic rings. The van der Waals surface area contributed by atoms with Crippen molar-refractivity contribution in [3.05, 3.63) is 29.8 Å². The predicted octanol–water partition coefficient (Wildman–Crippen LogP) is 3.28. The number of anilines is 1. The van der Waals surface area contributed by atoms with Crippen LogP contribution in [0.2, 0.25) is 0 Å². The first-order valence-corrected chi connectivity index (χ1v) is 9.44. The molecule has 0 amide bonds. The minimum Gasteiger partial charge on any atom is -0.383 e. The molecule has 2 aromatic rings. The summed E-state index contributed by atoms with van der Waals surface area (Å²) < 4.78 is 54.6. The van der Waals surface area contributed by atoms with E-state index in [1.54, 1.807) is 0 Å². The van der Waals surface area contributed by atoms with Gasteiger partial charge in [0.15, 0.2) is 0 Å². The van der Waals surface area contributed by atoms with Gasteiger partial charge in [-0.25, -0.2) is 14.4 Å². The summed E-state index contributed by atoms with van der Waals surface area (Å²) in [6.07, 6.45) is -1.39. The third kappa shape index (κ3) is 2.16. The summed E-state index contributed by atoms with van der Waals surface area (Å²) in [4.78, 5) is 10.6. The first-order valence-electron chi connectivity index (χ1n) is 9.44. The van der Waals surface area contributed by atoms with Crippen LogP contribution in [0.15, 0.2) is 18.5 Å². The Hall–Kier alpha value is -2.16. The highest BCUT2D eigenvalue weighted by Gasteiger charge is 2.93. The van der Waals surface area contributed by atoms with E-state index in [2.05, 4.69) is 19.4 Å². The van der Waals surface area contributed by atoms with Gasteiger partial charge >= 0.3 is 6.18 Å². The largest absolute Gasteiger partial charge is 0.419 e. The van der Waals surface area contributed by atoms with Crippen LogP contribution in [0.3, 0.4) is 0 Å². The summed E-state index contributed by atoms with van der Waals surface area (Å²) in [5, 5.41) is 0. The van der Waals surface area contributed by atoms with Crippen molar-refractivity contribution in [3.8, 4) is 11.3 Å². The fourth-order valence-corrected chi connectivity index (χ4v) is 5.28. The number of imidazole rings is 1. The lowest BCUT2D eigenvalue weighted by molar-refractivity contribution is -0.137. The molecular weight excluding hydrogens is 374 g/mol. The lowest BCUT2D eigenvalue weighted by Gasteiger charge is -2.18. The first-order chi connectivity index (χ1) is 13.2. The lowest BCUT2D eigenvalue weighted by atomic mass is 10.1. The van der Waals surface area contributed by atoms with Gasteiger partial charge in [-0.15, -0.1) is 0 Å². The minimum atomic E-state index is -4.57. The van der Waals surface area contributed by atoms with Crippen LogP contribution in [-0.4, -0.2) is 45.2 Å². The molecule has 150 valence electrons. The normalized spacial score (nSPS) is 30.8. The highest BCUT2D eigenvalue weighted by atomic mass is 19.4. The van der Waals surface area contributed by atoms with E-state index in [-0.39, 0.29) is 18.1 Å². The van der Waals surface area contributed by atoms with E-state index in [9.17, 15) is 17.6 Å². The number of piperidine rings is 1. The number of alkyl halides is 4. The van der Waals surface area contributed by atoms with Gasteiger partial charge in [0.2, 0.25) is 0 Å². The van der Waals surface area contributed by atoms with E-state index in [4.69, 9.17) is 5.73 Å². The van der Waals surface area contributed by atoms with Crippen molar-refractivity contribution in [3.63, 3.8) is 0 Å². The third-order valence-electron chi connectivity index (χ3n) is 6.54. The lowest BCUT2D eigenvalue weighted by Crippen LogP contribution is -2.28.